The van der Waals surface area contributed by atoms with E-state index in [4.69, 9.17) is 15.0 Å². The summed E-state index contributed by atoms with van der Waals surface area (Å²) >= 11 is 0. The van der Waals surface area contributed by atoms with Crippen molar-refractivity contribution in [3.05, 3.63) is 62.3 Å². The van der Waals surface area contributed by atoms with Crippen LogP contribution in [0.2, 0.25) is 0 Å². The van der Waals surface area contributed by atoms with Gasteiger partial charge in [0.1, 0.15) is 25.5 Å². The molecule has 11 nitrogen and oxygen atoms in total. The van der Waals surface area contributed by atoms with Gasteiger partial charge in [0.2, 0.25) is 5.91 Å². The monoisotopic (exact) mass is 345 g/mol. The predicted octanol–water partition coefficient (Wildman–Crippen LogP) is 1.40. The van der Waals surface area contributed by atoms with Gasteiger partial charge < -0.3 is 9.47 Å². The van der Waals surface area contributed by atoms with Crippen LogP contribution in [0.3, 0.4) is 0 Å². The smallest absolute Gasteiger partial charge is 0.358 e. The summed E-state index contributed by atoms with van der Waals surface area (Å²) in [5, 5.41) is 14.0. The molecular weight excluding hydrogens is 334 g/mol. The van der Waals surface area contributed by atoms with E-state index in [0.29, 0.717) is 5.56 Å². The molecule has 11 heteroatoms. The summed E-state index contributed by atoms with van der Waals surface area (Å²) in [7, 11) is 0. The Kier molecular flexibility index (Phi) is 4.23. The van der Waals surface area contributed by atoms with Crippen LogP contribution in [-0.2, 0) is 25.7 Å². The molecule has 128 valence electrons. The molecule has 3 rings (SSSR count). The lowest BCUT2D eigenvalue weighted by atomic mass is 9.94. The van der Waals surface area contributed by atoms with Crippen molar-refractivity contribution < 1.29 is 24.0 Å². The van der Waals surface area contributed by atoms with Crippen LogP contribution in [-0.4, -0.2) is 40.4 Å². The van der Waals surface area contributed by atoms with E-state index in [1.54, 1.807) is 0 Å². The van der Waals surface area contributed by atoms with Gasteiger partial charge in [-0.25, -0.2) is 4.79 Å². The number of esters is 1. The number of nitrogens with zero attached hydrogens (tertiary/aromatic N) is 5. The van der Waals surface area contributed by atoms with Gasteiger partial charge in [-0.1, -0.05) is 5.11 Å². The molecule has 0 radical (unpaired) electrons. The van der Waals surface area contributed by atoms with Gasteiger partial charge >= 0.3 is 5.97 Å². The number of carbonyl (C=O) groups is 2. The van der Waals surface area contributed by atoms with Gasteiger partial charge in [0.25, 0.3) is 5.69 Å². The summed E-state index contributed by atoms with van der Waals surface area (Å²) in [5.74, 6) is -1.28. The molecule has 1 aromatic rings. The van der Waals surface area contributed by atoms with Crippen molar-refractivity contribution in [2.75, 3.05) is 6.61 Å². The summed E-state index contributed by atoms with van der Waals surface area (Å²) in [6, 6.07) is 4.10. The van der Waals surface area contributed by atoms with Crippen LogP contribution in [0.4, 0.5) is 5.69 Å². The maximum atomic E-state index is 12.2. The number of ether oxygens (including phenoxy) is 2. The van der Waals surface area contributed by atoms with Crippen molar-refractivity contribution in [1.82, 2.24) is 4.90 Å². The molecule has 1 fully saturated rings. The van der Waals surface area contributed by atoms with Crippen molar-refractivity contribution in [2.24, 2.45) is 5.11 Å². The standard InChI is InChI=1S/C14H11N5O6/c15-17-16-12-10-6-24-7-11(18(10)13(12)20)14(21)25-5-8-1-3-9(4-2-8)19(22)23/h1-4,7,10,12H,5-6H2/t10-,12+/m1/s1. The zero-order valence-corrected chi connectivity index (χ0v) is 12.6. The lowest BCUT2D eigenvalue weighted by molar-refractivity contribution is -0.384. The molecule has 0 unspecified atom stereocenters. The summed E-state index contributed by atoms with van der Waals surface area (Å²) < 4.78 is 10.3. The summed E-state index contributed by atoms with van der Waals surface area (Å²) in [6.07, 6.45) is 1.12. The Morgan fingerprint density at radius 2 is 2.20 bits per heavy atom. The van der Waals surface area contributed by atoms with Crippen molar-refractivity contribution in [1.29, 1.82) is 0 Å². The van der Waals surface area contributed by atoms with Crippen LogP contribution in [0.25, 0.3) is 10.4 Å². The average Bonchev–Trinajstić information content (AvgIpc) is 2.63. The molecule has 25 heavy (non-hydrogen) atoms. The topological polar surface area (TPSA) is 148 Å². The largest absolute Gasteiger partial charge is 0.497 e. The number of rotatable bonds is 5. The number of hydrogen-bond donors (Lipinski definition) is 0. The maximum Gasteiger partial charge on any atom is 0.358 e. The van der Waals surface area contributed by atoms with Crippen molar-refractivity contribution in [2.45, 2.75) is 18.7 Å². The normalized spacial score (nSPS) is 21.0. The van der Waals surface area contributed by atoms with Crippen LogP contribution in [0.5, 0.6) is 0 Å². The molecule has 0 aromatic heterocycles. The molecular formula is C14H11N5O6. The third kappa shape index (κ3) is 2.95. The minimum atomic E-state index is -0.892. The summed E-state index contributed by atoms with van der Waals surface area (Å²) in [6.45, 7) is -0.00476. The van der Waals surface area contributed by atoms with Gasteiger partial charge in [-0.15, -0.1) is 0 Å². The van der Waals surface area contributed by atoms with E-state index < -0.39 is 28.9 Å². The Morgan fingerprint density at radius 3 is 2.84 bits per heavy atom. The first-order chi connectivity index (χ1) is 12.0. The molecule has 0 N–H and O–H groups in total. The van der Waals surface area contributed by atoms with Gasteiger partial charge in [0, 0.05) is 17.0 Å². The number of hydrogen-bond acceptors (Lipinski definition) is 7. The van der Waals surface area contributed by atoms with Crippen LogP contribution >= 0.6 is 0 Å². The minimum absolute atomic E-state index is 0.0726. The fourth-order valence-electron chi connectivity index (χ4n) is 2.54. The lowest BCUT2D eigenvalue weighted by Gasteiger charge is -2.46. The zero-order chi connectivity index (χ0) is 18.0. The van der Waals surface area contributed by atoms with Gasteiger partial charge in [0.05, 0.1) is 11.0 Å². The number of amides is 1. The summed E-state index contributed by atoms with van der Waals surface area (Å²) in [5.41, 5.74) is 8.85. The van der Waals surface area contributed by atoms with Gasteiger partial charge in [-0.05, 0) is 23.2 Å². The molecule has 2 aliphatic rings. The first kappa shape index (κ1) is 16.3. The van der Waals surface area contributed by atoms with Gasteiger partial charge in [0.15, 0.2) is 5.70 Å². The minimum Gasteiger partial charge on any atom is -0.497 e. The highest BCUT2D eigenvalue weighted by Crippen LogP contribution is 2.32. The van der Waals surface area contributed by atoms with Crippen LogP contribution in [0.15, 0.2) is 41.3 Å². The fourth-order valence-corrected chi connectivity index (χ4v) is 2.54. The highest BCUT2D eigenvalue weighted by molar-refractivity contribution is 6.00. The quantitative estimate of drug-likeness (QED) is 0.150. The predicted molar refractivity (Wildman–Crippen MR) is 80.5 cm³/mol. The number of benzene rings is 1. The maximum absolute atomic E-state index is 12.2. The van der Waals surface area contributed by atoms with E-state index in [9.17, 15) is 19.7 Å². The Morgan fingerprint density at radius 1 is 1.48 bits per heavy atom. The van der Waals surface area contributed by atoms with Gasteiger partial charge in [-0.2, -0.15) is 0 Å². The van der Waals surface area contributed by atoms with Crippen molar-refractivity contribution >= 4 is 17.6 Å². The van der Waals surface area contributed by atoms with Crippen LogP contribution in [0, 0.1) is 10.1 Å². The van der Waals surface area contributed by atoms with E-state index in [0.717, 1.165) is 6.26 Å². The SMILES string of the molecule is [N-]=[N+]=N[C@@H]1C(=O)N2C(C(=O)OCc3ccc([N+](=O)[O-])cc3)=COC[C@H]12. The molecule has 2 heterocycles. The molecule has 0 bridgehead atoms. The Balaban J connectivity index is 1.63. The first-order valence-electron chi connectivity index (χ1n) is 7.12. The first-order valence-corrected chi connectivity index (χ1v) is 7.12. The van der Waals surface area contributed by atoms with E-state index in [-0.39, 0.29) is 24.6 Å². The number of fused-ring (bicyclic) bond motifs is 1. The van der Waals surface area contributed by atoms with Gasteiger partial charge in [-0.3, -0.25) is 19.8 Å². The van der Waals surface area contributed by atoms with E-state index in [1.165, 1.54) is 29.2 Å². The van der Waals surface area contributed by atoms with Crippen molar-refractivity contribution in [3.8, 4) is 0 Å². The highest BCUT2D eigenvalue weighted by atomic mass is 16.6. The molecule has 0 spiro atoms. The molecule has 2 atom stereocenters. The molecule has 1 saturated heterocycles. The second kappa shape index (κ2) is 6.49. The number of nitro benzene ring substituents is 1. The Labute approximate surface area is 140 Å². The number of non-ortho nitro benzene ring substituents is 1. The zero-order valence-electron chi connectivity index (χ0n) is 12.6. The number of carbonyl (C=O) groups excluding carboxylic acids is 2. The molecule has 1 aromatic carbocycles. The highest BCUT2D eigenvalue weighted by Gasteiger charge is 2.52. The second-order valence-corrected chi connectivity index (χ2v) is 5.26. The fraction of sp³-hybridized carbons (Fsp3) is 0.286. The number of nitro groups is 1. The average molecular weight is 345 g/mol. The molecule has 0 saturated carbocycles. The summed E-state index contributed by atoms with van der Waals surface area (Å²) in [4.78, 5) is 38.0. The number of azide groups is 1. The van der Waals surface area contributed by atoms with Crippen LogP contribution in [0.1, 0.15) is 5.56 Å². The third-order valence-electron chi connectivity index (χ3n) is 3.81. The molecule has 0 aliphatic carbocycles. The van der Waals surface area contributed by atoms with Crippen molar-refractivity contribution in [3.63, 3.8) is 0 Å². The third-order valence-corrected chi connectivity index (χ3v) is 3.81. The molecule has 1 amide bonds. The van der Waals surface area contributed by atoms with Crippen LogP contribution < -0.4 is 0 Å². The molecule has 2 aliphatic heterocycles. The van der Waals surface area contributed by atoms with E-state index in [2.05, 4.69) is 10.0 Å². The second-order valence-electron chi connectivity index (χ2n) is 5.26. The Hall–Kier alpha value is -3.59. The Bertz CT molecular complexity index is 814. The number of β-lactam (4-membered cyclic amide) rings is 1. The van der Waals surface area contributed by atoms with E-state index >= 15 is 0 Å². The van der Waals surface area contributed by atoms with E-state index in [1.807, 2.05) is 0 Å². The lowest BCUT2D eigenvalue weighted by Crippen LogP contribution is -2.66.